The Hall–Kier alpha value is -1.59. The normalized spacial score (nSPS) is 27.9. The van der Waals surface area contributed by atoms with Gasteiger partial charge >= 0.3 is 0 Å². The Bertz CT molecular complexity index is 516. The van der Waals surface area contributed by atoms with Crippen LogP contribution in [-0.4, -0.2) is 50.8 Å². The minimum atomic E-state index is 0.0789. The van der Waals surface area contributed by atoms with E-state index in [1.165, 1.54) is 23.4 Å². The van der Waals surface area contributed by atoms with Gasteiger partial charge < -0.3 is 19.9 Å². The monoisotopic (exact) mass is 318 g/mol. The van der Waals surface area contributed by atoms with Crippen molar-refractivity contribution in [1.29, 1.82) is 0 Å². The van der Waals surface area contributed by atoms with Gasteiger partial charge in [0, 0.05) is 24.5 Å². The van der Waals surface area contributed by atoms with E-state index < -0.39 is 0 Å². The van der Waals surface area contributed by atoms with Crippen LogP contribution < -0.4 is 15.1 Å². The summed E-state index contributed by atoms with van der Waals surface area (Å²) in [5.41, 5.74) is 2.13. The Morgan fingerprint density at radius 1 is 1.17 bits per heavy atom. The van der Waals surface area contributed by atoms with E-state index in [1.54, 1.807) is 0 Å². The molecular weight excluding hydrogens is 290 g/mol. The minimum absolute atomic E-state index is 0.0789. The standard InChI is InChI=1S/C18H27N3O2/c1-14-11-20(12-15(2)23-14)13-18(22)19-16-5-7-17(8-6-16)21-9-3-4-10-21/h5-8,14-15H,3-4,9-13H2,1-2H3,(H,19,22)/p+1/t14-,15+. The molecule has 2 N–H and O–H groups in total. The Kier molecular flexibility index (Phi) is 5.18. The quantitative estimate of drug-likeness (QED) is 0.868. The molecule has 1 amide bonds. The van der Waals surface area contributed by atoms with Crippen LogP contribution in [0.25, 0.3) is 0 Å². The topological polar surface area (TPSA) is 46.0 Å². The largest absolute Gasteiger partial charge is 0.372 e. The summed E-state index contributed by atoms with van der Waals surface area (Å²) in [5.74, 6) is 0.0789. The summed E-state index contributed by atoms with van der Waals surface area (Å²) in [4.78, 5) is 15.9. The van der Waals surface area contributed by atoms with Crippen LogP contribution in [0, 0.1) is 0 Å². The molecule has 5 heteroatoms. The summed E-state index contributed by atoms with van der Waals surface area (Å²) >= 11 is 0. The van der Waals surface area contributed by atoms with Gasteiger partial charge in [-0.2, -0.15) is 0 Å². The number of nitrogens with zero attached hydrogens (tertiary/aromatic N) is 1. The van der Waals surface area contributed by atoms with E-state index in [-0.39, 0.29) is 18.1 Å². The molecule has 126 valence electrons. The van der Waals surface area contributed by atoms with Gasteiger partial charge in [-0.1, -0.05) is 0 Å². The highest BCUT2D eigenvalue weighted by Crippen LogP contribution is 2.21. The Morgan fingerprint density at radius 3 is 2.39 bits per heavy atom. The summed E-state index contributed by atoms with van der Waals surface area (Å²) in [6.45, 7) is 8.73. The molecule has 3 atom stereocenters. The second kappa shape index (κ2) is 7.32. The predicted molar refractivity (Wildman–Crippen MR) is 92.1 cm³/mol. The highest BCUT2D eigenvalue weighted by atomic mass is 16.5. The van der Waals surface area contributed by atoms with E-state index in [9.17, 15) is 4.79 Å². The number of hydrogen-bond donors (Lipinski definition) is 2. The first kappa shape index (κ1) is 16.3. The zero-order valence-corrected chi connectivity index (χ0v) is 14.2. The number of morpholine rings is 1. The van der Waals surface area contributed by atoms with Crippen LogP contribution in [0.3, 0.4) is 0 Å². The van der Waals surface area contributed by atoms with E-state index in [2.05, 4.69) is 36.2 Å². The molecule has 5 nitrogen and oxygen atoms in total. The van der Waals surface area contributed by atoms with Gasteiger partial charge in [-0.3, -0.25) is 4.79 Å². The lowest BCUT2D eigenvalue weighted by Crippen LogP contribution is -3.16. The number of hydrogen-bond acceptors (Lipinski definition) is 3. The summed E-state index contributed by atoms with van der Waals surface area (Å²) in [7, 11) is 0. The van der Waals surface area contributed by atoms with Gasteiger partial charge in [0.25, 0.3) is 5.91 Å². The van der Waals surface area contributed by atoms with Crippen molar-refractivity contribution in [1.82, 2.24) is 0 Å². The van der Waals surface area contributed by atoms with E-state index >= 15 is 0 Å². The molecule has 3 rings (SSSR count). The van der Waals surface area contributed by atoms with Crippen molar-refractivity contribution in [3.63, 3.8) is 0 Å². The van der Waals surface area contributed by atoms with Crippen LogP contribution in [0.4, 0.5) is 11.4 Å². The van der Waals surface area contributed by atoms with Crippen molar-refractivity contribution in [3.8, 4) is 0 Å². The van der Waals surface area contributed by atoms with Crippen molar-refractivity contribution in [2.45, 2.75) is 38.9 Å². The number of amides is 1. The third-order valence-electron chi connectivity index (χ3n) is 4.65. The van der Waals surface area contributed by atoms with E-state index in [1.807, 2.05) is 12.1 Å². The molecule has 1 unspecified atom stereocenters. The molecule has 0 bridgehead atoms. The van der Waals surface area contributed by atoms with Crippen molar-refractivity contribution in [3.05, 3.63) is 24.3 Å². The Morgan fingerprint density at radius 2 is 1.78 bits per heavy atom. The fourth-order valence-electron chi connectivity index (χ4n) is 3.70. The molecule has 1 aromatic carbocycles. The van der Waals surface area contributed by atoms with Gasteiger partial charge in [-0.25, -0.2) is 0 Å². The van der Waals surface area contributed by atoms with Crippen LogP contribution in [0.15, 0.2) is 24.3 Å². The van der Waals surface area contributed by atoms with Gasteiger partial charge in [0.15, 0.2) is 6.54 Å². The molecule has 0 aromatic heterocycles. The average molecular weight is 318 g/mol. The summed E-state index contributed by atoms with van der Waals surface area (Å²) in [5, 5.41) is 3.02. The van der Waals surface area contributed by atoms with Gasteiger partial charge in [-0.15, -0.1) is 0 Å². The molecule has 0 saturated carbocycles. The summed E-state index contributed by atoms with van der Waals surface area (Å²) in [6.07, 6.45) is 3.00. The molecule has 1 aromatic rings. The fraction of sp³-hybridized carbons (Fsp3) is 0.611. The molecule has 23 heavy (non-hydrogen) atoms. The number of carbonyl (C=O) groups is 1. The third kappa shape index (κ3) is 4.45. The fourth-order valence-corrected chi connectivity index (χ4v) is 3.70. The van der Waals surface area contributed by atoms with E-state index in [0.717, 1.165) is 31.9 Å². The summed E-state index contributed by atoms with van der Waals surface area (Å²) < 4.78 is 5.72. The molecular formula is C18H28N3O2+. The predicted octanol–water partition coefficient (Wildman–Crippen LogP) is 0.917. The maximum absolute atomic E-state index is 12.3. The van der Waals surface area contributed by atoms with Gasteiger partial charge in [0.05, 0.1) is 0 Å². The zero-order valence-electron chi connectivity index (χ0n) is 14.2. The van der Waals surface area contributed by atoms with Crippen molar-refractivity contribution in [2.24, 2.45) is 0 Å². The number of anilines is 2. The van der Waals surface area contributed by atoms with Crippen molar-refractivity contribution in [2.75, 3.05) is 42.9 Å². The molecule has 2 aliphatic heterocycles. The number of quaternary nitrogens is 1. The highest BCUT2D eigenvalue weighted by Gasteiger charge is 2.27. The van der Waals surface area contributed by atoms with Gasteiger partial charge in [0.2, 0.25) is 0 Å². The maximum Gasteiger partial charge on any atom is 0.279 e. The number of nitrogens with one attached hydrogen (secondary N) is 2. The summed E-state index contributed by atoms with van der Waals surface area (Å²) in [6, 6.07) is 8.22. The molecule has 2 heterocycles. The maximum atomic E-state index is 12.3. The molecule has 2 fully saturated rings. The molecule has 0 aliphatic carbocycles. The average Bonchev–Trinajstić information content (AvgIpc) is 3.01. The highest BCUT2D eigenvalue weighted by molar-refractivity contribution is 5.91. The van der Waals surface area contributed by atoms with Crippen LogP contribution in [0.5, 0.6) is 0 Å². The van der Waals surface area contributed by atoms with Crippen LogP contribution in [-0.2, 0) is 9.53 Å². The zero-order chi connectivity index (χ0) is 16.2. The number of benzene rings is 1. The number of carbonyl (C=O) groups excluding carboxylic acids is 1. The lowest BCUT2D eigenvalue weighted by Gasteiger charge is -2.31. The number of ether oxygens (including phenoxy) is 1. The first-order valence-electron chi connectivity index (χ1n) is 8.74. The lowest BCUT2D eigenvalue weighted by molar-refractivity contribution is -0.907. The Balaban J connectivity index is 1.51. The molecule has 0 spiro atoms. The SMILES string of the molecule is C[C@@H]1C[NH+](CC(=O)Nc2ccc(N3CCCC3)cc2)C[C@H](C)O1. The Labute approximate surface area is 138 Å². The first-order valence-corrected chi connectivity index (χ1v) is 8.74. The smallest absolute Gasteiger partial charge is 0.279 e. The van der Waals surface area contributed by atoms with Crippen LogP contribution in [0.1, 0.15) is 26.7 Å². The van der Waals surface area contributed by atoms with E-state index in [0.29, 0.717) is 6.54 Å². The molecule has 2 saturated heterocycles. The van der Waals surface area contributed by atoms with Gasteiger partial charge in [0.1, 0.15) is 25.3 Å². The second-order valence-electron chi connectivity index (χ2n) is 6.88. The first-order chi connectivity index (χ1) is 11.1. The minimum Gasteiger partial charge on any atom is -0.372 e. The van der Waals surface area contributed by atoms with Crippen molar-refractivity contribution < 1.29 is 14.4 Å². The van der Waals surface area contributed by atoms with Crippen molar-refractivity contribution >= 4 is 17.3 Å². The lowest BCUT2D eigenvalue weighted by atomic mass is 10.2. The molecule has 0 radical (unpaired) electrons. The van der Waals surface area contributed by atoms with Crippen LogP contribution in [0.2, 0.25) is 0 Å². The van der Waals surface area contributed by atoms with Gasteiger partial charge in [-0.05, 0) is 51.0 Å². The second-order valence-corrected chi connectivity index (χ2v) is 6.88. The van der Waals surface area contributed by atoms with Crippen LogP contribution >= 0.6 is 0 Å². The van der Waals surface area contributed by atoms with E-state index in [4.69, 9.17) is 4.74 Å². The third-order valence-corrected chi connectivity index (χ3v) is 4.65. The molecule has 2 aliphatic rings. The number of rotatable bonds is 4.